The molecule has 7 nitrogen and oxygen atoms in total. The predicted octanol–water partition coefficient (Wildman–Crippen LogP) is 1.95. The van der Waals surface area contributed by atoms with E-state index >= 15 is 0 Å². The molecule has 1 unspecified atom stereocenters. The van der Waals surface area contributed by atoms with Crippen LogP contribution < -0.4 is 4.74 Å². The van der Waals surface area contributed by atoms with Gasteiger partial charge in [0.25, 0.3) is 0 Å². The summed E-state index contributed by atoms with van der Waals surface area (Å²) in [4.78, 5) is 15.6. The van der Waals surface area contributed by atoms with Crippen molar-refractivity contribution in [2.75, 3.05) is 33.9 Å². The molecule has 2 aromatic rings. The number of methoxy groups -OCH3 is 2. The molecular weight excluding hydrogens is 372 g/mol. The number of hydrogen-bond donors (Lipinski definition) is 1. The highest BCUT2D eigenvalue weighted by Gasteiger charge is 2.65. The van der Waals surface area contributed by atoms with Crippen molar-refractivity contribution in [2.45, 2.75) is 43.6 Å². The van der Waals surface area contributed by atoms with Crippen LogP contribution in [-0.2, 0) is 26.4 Å². The molecule has 1 aromatic heterocycles. The van der Waals surface area contributed by atoms with E-state index in [1.54, 1.807) is 7.11 Å². The lowest BCUT2D eigenvalue weighted by atomic mass is 9.61. The van der Waals surface area contributed by atoms with Crippen LogP contribution in [0.4, 0.5) is 0 Å². The SMILES string of the molecule is COC(=O)[C@@]1(O)CC23CCO[C@H]2CCN2CCc4c(n1c1c(OC)cccc41)[C@@H]23. The quantitative estimate of drug-likeness (QED) is 0.780. The number of ether oxygens (including phenoxy) is 3. The van der Waals surface area contributed by atoms with Crippen LogP contribution in [-0.4, -0.2) is 60.6 Å². The minimum atomic E-state index is -1.78. The molecule has 0 saturated carbocycles. The molecule has 7 heteroatoms. The largest absolute Gasteiger partial charge is 0.495 e. The molecule has 1 N–H and O–H groups in total. The van der Waals surface area contributed by atoms with Gasteiger partial charge in [0.05, 0.1) is 31.9 Å². The maximum Gasteiger partial charge on any atom is 0.359 e. The molecule has 4 aliphatic rings. The molecule has 0 radical (unpaired) electrons. The first kappa shape index (κ1) is 17.7. The second-order valence-corrected chi connectivity index (χ2v) is 8.86. The molecule has 4 aliphatic heterocycles. The number of nitrogens with zero attached hydrogens (tertiary/aromatic N) is 2. The molecule has 6 rings (SSSR count). The van der Waals surface area contributed by atoms with Gasteiger partial charge in [-0.25, -0.2) is 4.79 Å². The number of piperidine rings is 1. The fourth-order valence-electron chi connectivity index (χ4n) is 6.77. The first-order valence-electron chi connectivity index (χ1n) is 10.4. The van der Waals surface area contributed by atoms with Crippen molar-refractivity contribution in [2.24, 2.45) is 5.41 Å². The molecular formula is C22H26N2O5. The van der Waals surface area contributed by atoms with Gasteiger partial charge in [0.1, 0.15) is 5.75 Å². The number of aliphatic hydroxyl groups is 1. The fourth-order valence-corrected chi connectivity index (χ4v) is 6.77. The molecule has 154 valence electrons. The van der Waals surface area contributed by atoms with E-state index in [0.717, 1.165) is 48.9 Å². The van der Waals surface area contributed by atoms with Crippen molar-refractivity contribution >= 4 is 16.9 Å². The number of aromatic nitrogens is 1. The Hall–Kier alpha value is -2.09. The van der Waals surface area contributed by atoms with Crippen LogP contribution >= 0.6 is 0 Å². The van der Waals surface area contributed by atoms with Crippen LogP contribution in [0, 0.1) is 5.41 Å². The lowest BCUT2D eigenvalue weighted by molar-refractivity contribution is -0.199. The summed E-state index contributed by atoms with van der Waals surface area (Å²) in [5, 5.41) is 13.0. The van der Waals surface area contributed by atoms with Crippen molar-refractivity contribution in [1.82, 2.24) is 9.47 Å². The number of fused-ring (bicyclic) bond motifs is 3. The lowest BCUT2D eigenvalue weighted by Gasteiger charge is -2.58. The van der Waals surface area contributed by atoms with Crippen LogP contribution in [0.15, 0.2) is 18.2 Å². The van der Waals surface area contributed by atoms with E-state index in [2.05, 4.69) is 11.0 Å². The van der Waals surface area contributed by atoms with E-state index in [-0.39, 0.29) is 17.6 Å². The third-order valence-corrected chi connectivity index (χ3v) is 7.80. The Morgan fingerprint density at radius 2 is 2.17 bits per heavy atom. The van der Waals surface area contributed by atoms with Crippen LogP contribution in [0.5, 0.6) is 5.75 Å². The van der Waals surface area contributed by atoms with Gasteiger partial charge in [-0.05, 0) is 30.9 Å². The zero-order valence-corrected chi connectivity index (χ0v) is 16.8. The molecule has 1 spiro atoms. The van der Waals surface area contributed by atoms with Crippen molar-refractivity contribution in [3.63, 3.8) is 0 Å². The number of rotatable bonds is 2. The monoisotopic (exact) mass is 398 g/mol. The van der Waals surface area contributed by atoms with Gasteiger partial charge in [0.15, 0.2) is 0 Å². The normalized spacial score (nSPS) is 35.3. The van der Waals surface area contributed by atoms with Gasteiger partial charge in [-0.2, -0.15) is 0 Å². The topological polar surface area (TPSA) is 73.2 Å². The maximum atomic E-state index is 13.1. The summed E-state index contributed by atoms with van der Waals surface area (Å²) in [5.74, 6) is 0.0426. The summed E-state index contributed by atoms with van der Waals surface area (Å²) in [6.07, 6.45) is 3.02. The first-order chi connectivity index (χ1) is 14.0. The predicted molar refractivity (Wildman–Crippen MR) is 105 cm³/mol. The number of para-hydroxylation sites is 1. The molecule has 0 bridgehead atoms. The molecule has 29 heavy (non-hydrogen) atoms. The number of hydrogen-bond acceptors (Lipinski definition) is 6. The Morgan fingerprint density at radius 1 is 1.31 bits per heavy atom. The third kappa shape index (κ3) is 1.96. The molecule has 0 amide bonds. The second kappa shape index (κ2) is 5.74. The van der Waals surface area contributed by atoms with E-state index in [9.17, 15) is 9.90 Å². The average Bonchev–Trinajstić information content (AvgIpc) is 3.31. The minimum absolute atomic E-state index is 0.0551. The Bertz CT molecular complexity index is 1030. The summed E-state index contributed by atoms with van der Waals surface area (Å²) in [5.41, 5.74) is 0.983. The van der Waals surface area contributed by atoms with Crippen molar-refractivity contribution in [3.8, 4) is 5.75 Å². The summed E-state index contributed by atoms with van der Waals surface area (Å²) < 4.78 is 18.8. The van der Waals surface area contributed by atoms with Crippen LogP contribution in [0.2, 0.25) is 0 Å². The Labute approximate surface area is 169 Å². The molecule has 2 saturated heterocycles. The van der Waals surface area contributed by atoms with Gasteiger partial charge in [0.2, 0.25) is 5.72 Å². The third-order valence-electron chi connectivity index (χ3n) is 7.80. The molecule has 0 aliphatic carbocycles. The summed E-state index contributed by atoms with van der Waals surface area (Å²) in [6, 6.07) is 6.07. The fraction of sp³-hybridized carbons (Fsp3) is 0.591. The summed E-state index contributed by atoms with van der Waals surface area (Å²) in [7, 11) is 2.97. The van der Waals surface area contributed by atoms with E-state index in [1.807, 2.05) is 16.7 Å². The number of carbonyl (C=O) groups excluding carboxylic acids is 1. The Morgan fingerprint density at radius 3 is 2.97 bits per heavy atom. The minimum Gasteiger partial charge on any atom is -0.495 e. The van der Waals surface area contributed by atoms with Gasteiger partial charge >= 0.3 is 5.97 Å². The highest BCUT2D eigenvalue weighted by atomic mass is 16.5. The van der Waals surface area contributed by atoms with Gasteiger partial charge in [-0.3, -0.25) is 4.90 Å². The zero-order valence-electron chi connectivity index (χ0n) is 16.8. The number of esters is 1. The molecule has 4 atom stereocenters. The van der Waals surface area contributed by atoms with Crippen LogP contribution in [0.1, 0.15) is 36.6 Å². The lowest BCUT2D eigenvalue weighted by Crippen LogP contribution is -2.63. The first-order valence-corrected chi connectivity index (χ1v) is 10.4. The molecule has 5 heterocycles. The van der Waals surface area contributed by atoms with Gasteiger partial charge in [0, 0.05) is 42.6 Å². The van der Waals surface area contributed by atoms with Crippen molar-refractivity contribution in [3.05, 3.63) is 29.5 Å². The summed E-state index contributed by atoms with van der Waals surface area (Å²) >= 11 is 0. The van der Waals surface area contributed by atoms with Gasteiger partial charge in [-0.1, -0.05) is 12.1 Å². The van der Waals surface area contributed by atoms with E-state index in [1.165, 1.54) is 12.7 Å². The summed E-state index contributed by atoms with van der Waals surface area (Å²) in [6.45, 7) is 2.64. The van der Waals surface area contributed by atoms with Gasteiger partial charge < -0.3 is 23.9 Å². The zero-order chi connectivity index (χ0) is 20.0. The Balaban J connectivity index is 1.75. The smallest absolute Gasteiger partial charge is 0.359 e. The number of benzene rings is 1. The van der Waals surface area contributed by atoms with Crippen molar-refractivity contribution < 1.29 is 24.1 Å². The van der Waals surface area contributed by atoms with Crippen LogP contribution in [0.3, 0.4) is 0 Å². The van der Waals surface area contributed by atoms with E-state index in [4.69, 9.17) is 14.2 Å². The Kier molecular flexibility index (Phi) is 3.51. The molecule has 2 fully saturated rings. The molecule has 1 aromatic carbocycles. The maximum absolute atomic E-state index is 13.1. The highest BCUT2D eigenvalue weighted by Crippen LogP contribution is 2.63. The average molecular weight is 398 g/mol. The number of carbonyl (C=O) groups is 1. The van der Waals surface area contributed by atoms with Crippen molar-refractivity contribution in [1.29, 1.82) is 0 Å². The standard InChI is InChI=1S/C22H26N2O5/c1-27-15-5-3-4-13-14-6-9-23-10-7-16-21(8-11-29-16)12-22(26,20(25)28-2)24(17(13)15)18(14)19(21)23/h3-5,16,19,26H,6-12H2,1-2H3/t16-,19+,21?,22-/m0/s1. The van der Waals surface area contributed by atoms with Gasteiger partial charge in [-0.15, -0.1) is 0 Å². The van der Waals surface area contributed by atoms with E-state index < -0.39 is 11.7 Å². The second-order valence-electron chi connectivity index (χ2n) is 8.86. The van der Waals surface area contributed by atoms with E-state index in [0.29, 0.717) is 18.8 Å². The van der Waals surface area contributed by atoms with Crippen LogP contribution in [0.25, 0.3) is 10.9 Å². The highest BCUT2D eigenvalue weighted by molar-refractivity contribution is 5.94.